The lowest BCUT2D eigenvalue weighted by Crippen LogP contribution is -2.52. The molecular formula is C24H36N2O4. The lowest BCUT2D eigenvalue weighted by molar-refractivity contribution is -0.136. The van der Waals surface area contributed by atoms with Crippen LogP contribution < -0.4 is 15.8 Å². The summed E-state index contributed by atoms with van der Waals surface area (Å²) in [6.07, 6.45) is 6.23. The van der Waals surface area contributed by atoms with Crippen molar-refractivity contribution in [3.05, 3.63) is 29.3 Å². The van der Waals surface area contributed by atoms with Crippen LogP contribution >= 0.6 is 0 Å². The molecule has 0 aliphatic heterocycles. The van der Waals surface area contributed by atoms with E-state index in [2.05, 4.69) is 18.3 Å². The molecule has 6 nitrogen and oxygen atoms in total. The van der Waals surface area contributed by atoms with E-state index in [1.54, 1.807) is 27.7 Å². The third-order valence-electron chi connectivity index (χ3n) is 6.50. The molecule has 30 heavy (non-hydrogen) atoms. The van der Waals surface area contributed by atoms with E-state index < -0.39 is 23.7 Å². The molecule has 6 heteroatoms. The van der Waals surface area contributed by atoms with Gasteiger partial charge in [-0.15, -0.1) is 0 Å². The average molecular weight is 417 g/mol. The SMILES string of the molecule is C[C@H](NC(=O)OC(C)(C)C)C(=O)Oc1ccc2c(c1)[C@@]1(C)CCCCCC(C2)[C@@H]1N. The molecule has 2 aliphatic rings. The van der Waals surface area contributed by atoms with Gasteiger partial charge in [-0.2, -0.15) is 0 Å². The molecule has 0 spiro atoms. The van der Waals surface area contributed by atoms with Crippen molar-refractivity contribution >= 4 is 12.1 Å². The average Bonchev–Trinajstić information content (AvgIpc) is 2.64. The van der Waals surface area contributed by atoms with E-state index in [4.69, 9.17) is 15.2 Å². The number of benzene rings is 1. The van der Waals surface area contributed by atoms with Crippen LogP contribution in [0.1, 0.15) is 77.8 Å². The van der Waals surface area contributed by atoms with Crippen molar-refractivity contribution < 1.29 is 19.1 Å². The molecule has 3 rings (SSSR count). The highest BCUT2D eigenvalue weighted by Gasteiger charge is 2.43. The number of ether oxygens (including phenoxy) is 2. The second-order valence-electron chi connectivity index (χ2n) is 10.1. The van der Waals surface area contributed by atoms with Crippen molar-refractivity contribution in [3.8, 4) is 5.75 Å². The van der Waals surface area contributed by atoms with E-state index in [9.17, 15) is 9.59 Å². The Bertz CT molecular complexity index is 801. The molecule has 0 radical (unpaired) electrons. The summed E-state index contributed by atoms with van der Waals surface area (Å²) in [6.45, 7) is 9.16. The number of carbonyl (C=O) groups is 2. The summed E-state index contributed by atoms with van der Waals surface area (Å²) < 4.78 is 10.8. The van der Waals surface area contributed by atoms with Crippen LogP contribution in [0.25, 0.3) is 0 Å². The minimum absolute atomic E-state index is 0.110. The standard InChI is InChI=1S/C24H36N2O4/c1-15(26-22(28)30-23(2,3)4)21(27)29-18-11-10-16-13-17-9-7-6-8-12-24(5,20(17)25)19(16)14-18/h10-11,14-15,17,20H,6-9,12-13,25H2,1-5H3,(H,26,28)/t15-,17?,20-,24+/m0/s1. The minimum Gasteiger partial charge on any atom is -0.444 e. The van der Waals surface area contributed by atoms with Crippen LogP contribution in [0.5, 0.6) is 5.75 Å². The number of carbonyl (C=O) groups excluding carboxylic acids is 2. The summed E-state index contributed by atoms with van der Waals surface area (Å²) in [6, 6.07) is 5.19. The molecule has 1 aromatic carbocycles. The van der Waals surface area contributed by atoms with Crippen molar-refractivity contribution in [2.24, 2.45) is 11.7 Å². The number of hydrogen-bond donors (Lipinski definition) is 2. The lowest BCUT2D eigenvalue weighted by atomic mass is 9.60. The molecule has 0 aromatic heterocycles. The Morgan fingerprint density at radius 2 is 1.97 bits per heavy atom. The zero-order valence-electron chi connectivity index (χ0n) is 18.9. The highest BCUT2D eigenvalue weighted by molar-refractivity contribution is 5.82. The van der Waals surface area contributed by atoms with Gasteiger partial charge in [0.2, 0.25) is 0 Å². The van der Waals surface area contributed by atoms with Gasteiger partial charge in [0.05, 0.1) is 0 Å². The largest absolute Gasteiger partial charge is 0.444 e. The van der Waals surface area contributed by atoms with Crippen molar-refractivity contribution in [2.45, 2.75) is 96.2 Å². The minimum atomic E-state index is -0.820. The Morgan fingerprint density at radius 3 is 2.67 bits per heavy atom. The fraction of sp³-hybridized carbons (Fsp3) is 0.667. The second-order valence-corrected chi connectivity index (χ2v) is 10.1. The maximum Gasteiger partial charge on any atom is 0.408 e. The number of esters is 1. The zero-order chi connectivity index (χ0) is 22.1. The van der Waals surface area contributed by atoms with Gasteiger partial charge in [0.15, 0.2) is 0 Å². The fourth-order valence-corrected chi connectivity index (χ4v) is 4.84. The summed E-state index contributed by atoms with van der Waals surface area (Å²) in [5.41, 5.74) is 8.51. The molecule has 1 unspecified atom stereocenters. The first-order valence-corrected chi connectivity index (χ1v) is 11.1. The molecule has 2 aliphatic carbocycles. The zero-order valence-corrected chi connectivity index (χ0v) is 18.9. The van der Waals surface area contributed by atoms with Crippen molar-refractivity contribution in [1.82, 2.24) is 5.32 Å². The quantitative estimate of drug-likeness (QED) is 0.568. The van der Waals surface area contributed by atoms with E-state index in [0.717, 1.165) is 19.3 Å². The maximum atomic E-state index is 12.5. The van der Waals surface area contributed by atoms with Crippen molar-refractivity contribution in [3.63, 3.8) is 0 Å². The van der Waals surface area contributed by atoms with Crippen LogP contribution in [0.2, 0.25) is 0 Å². The van der Waals surface area contributed by atoms with E-state index in [-0.39, 0.29) is 11.5 Å². The number of alkyl carbamates (subject to hydrolysis) is 1. The molecule has 0 saturated heterocycles. The van der Waals surface area contributed by atoms with E-state index in [1.807, 2.05) is 12.1 Å². The molecule has 0 heterocycles. The van der Waals surface area contributed by atoms with Crippen LogP contribution in [-0.2, 0) is 21.4 Å². The summed E-state index contributed by atoms with van der Waals surface area (Å²) >= 11 is 0. The van der Waals surface area contributed by atoms with Crippen LogP contribution in [0.15, 0.2) is 18.2 Å². The molecule has 1 saturated carbocycles. The Hall–Kier alpha value is -2.08. The number of hydrogen-bond acceptors (Lipinski definition) is 5. The number of fused-ring (bicyclic) bond motifs is 4. The van der Waals surface area contributed by atoms with Gasteiger partial charge in [0.1, 0.15) is 17.4 Å². The Balaban J connectivity index is 1.74. The Kier molecular flexibility index (Phi) is 6.46. The topological polar surface area (TPSA) is 90.6 Å². The molecule has 4 atom stereocenters. The molecule has 3 N–H and O–H groups in total. The first kappa shape index (κ1) is 22.6. The van der Waals surface area contributed by atoms with Crippen LogP contribution in [0.4, 0.5) is 4.79 Å². The first-order chi connectivity index (χ1) is 14.0. The predicted molar refractivity (Wildman–Crippen MR) is 117 cm³/mol. The Labute approximate surface area is 179 Å². The van der Waals surface area contributed by atoms with Gasteiger partial charge in [0, 0.05) is 11.5 Å². The lowest BCUT2D eigenvalue weighted by Gasteiger charge is -2.47. The van der Waals surface area contributed by atoms with E-state index in [1.165, 1.54) is 30.4 Å². The van der Waals surface area contributed by atoms with Gasteiger partial charge < -0.3 is 20.5 Å². The number of amides is 1. The van der Waals surface area contributed by atoms with E-state index >= 15 is 0 Å². The fourth-order valence-electron chi connectivity index (χ4n) is 4.84. The molecule has 1 amide bonds. The summed E-state index contributed by atoms with van der Waals surface area (Å²) in [5, 5.41) is 2.53. The third kappa shape index (κ3) is 4.97. The van der Waals surface area contributed by atoms with Gasteiger partial charge in [-0.1, -0.05) is 32.3 Å². The molecule has 2 bridgehead atoms. The summed E-state index contributed by atoms with van der Waals surface area (Å²) in [4.78, 5) is 24.4. The molecule has 166 valence electrons. The predicted octanol–water partition coefficient (Wildman–Crippen LogP) is 4.23. The normalized spacial score (nSPS) is 27.1. The van der Waals surface area contributed by atoms with Crippen LogP contribution in [-0.4, -0.2) is 29.7 Å². The van der Waals surface area contributed by atoms with Gasteiger partial charge in [-0.25, -0.2) is 9.59 Å². The smallest absolute Gasteiger partial charge is 0.408 e. The number of nitrogens with two attached hydrogens (primary N) is 1. The molecule has 1 aromatic rings. The highest BCUT2D eigenvalue weighted by atomic mass is 16.6. The van der Waals surface area contributed by atoms with Gasteiger partial charge >= 0.3 is 12.1 Å². The van der Waals surface area contributed by atoms with Crippen LogP contribution in [0, 0.1) is 5.92 Å². The summed E-state index contributed by atoms with van der Waals surface area (Å²) in [5.74, 6) is 0.474. The molecular weight excluding hydrogens is 380 g/mol. The first-order valence-electron chi connectivity index (χ1n) is 11.1. The highest BCUT2D eigenvalue weighted by Crippen LogP contribution is 2.46. The monoisotopic (exact) mass is 416 g/mol. The van der Waals surface area contributed by atoms with E-state index in [0.29, 0.717) is 11.7 Å². The Morgan fingerprint density at radius 1 is 1.23 bits per heavy atom. The maximum absolute atomic E-state index is 12.5. The van der Waals surface area contributed by atoms with Gasteiger partial charge in [0.25, 0.3) is 0 Å². The summed E-state index contributed by atoms with van der Waals surface area (Å²) in [7, 11) is 0. The number of nitrogens with one attached hydrogen (secondary N) is 1. The third-order valence-corrected chi connectivity index (χ3v) is 6.50. The van der Waals surface area contributed by atoms with Crippen LogP contribution in [0.3, 0.4) is 0 Å². The van der Waals surface area contributed by atoms with Crippen molar-refractivity contribution in [1.29, 1.82) is 0 Å². The number of rotatable bonds is 3. The van der Waals surface area contributed by atoms with Gasteiger partial charge in [-0.05, 0) is 76.1 Å². The second kappa shape index (κ2) is 8.58. The van der Waals surface area contributed by atoms with Gasteiger partial charge in [-0.3, -0.25) is 0 Å². The van der Waals surface area contributed by atoms with Crippen molar-refractivity contribution in [2.75, 3.05) is 0 Å². The molecule has 1 fully saturated rings.